The van der Waals surface area contributed by atoms with Gasteiger partial charge in [-0.25, -0.2) is 18.0 Å². The molecule has 0 saturated heterocycles. The first-order valence-corrected chi connectivity index (χ1v) is 8.20. The van der Waals surface area contributed by atoms with Gasteiger partial charge in [0.1, 0.15) is 17.2 Å². The van der Waals surface area contributed by atoms with Crippen LogP contribution in [0.1, 0.15) is 15.9 Å². The van der Waals surface area contributed by atoms with Crippen molar-refractivity contribution < 1.29 is 23.1 Å². The summed E-state index contributed by atoms with van der Waals surface area (Å²) in [6.07, 6.45) is 0.839. The van der Waals surface area contributed by atoms with E-state index in [1.54, 1.807) is 0 Å². The van der Waals surface area contributed by atoms with Gasteiger partial charge < -0.3 is 20.7 Å². The highest BCUT2D eigenvalue weighted by Crippen LogP contribution is 2.37. The maximum atomic E-state index is 14.6. The van der Waals surface area contributed by atoms with Gasteiger partial charge in [0.05, 0.1) is 33.0 Å². The minimum Gasteiger partial charge on any atom is -0.477 e. The van der Waals surface area contributed by atoms with Crippen LogP contribution in [0, 0.1) is 24.4 Å². The molecule has 0 bridgehead atoms. The van der Waals surface area contributed by atoms with E-state index in [9.17, 15) is 27.9 Å². The molecule has 0 spiro atoms. The minimum atomic E-state index is -1.61. The molecule has 28 heavy (non-hydrogen) atoms. The number of nitrogens with zero attached hydrogens (tertiary/aromatic N) is 1. The van der Waals surface area contributed by atoms with E-state index in [1.807, 2.05) is 0 Å². The van der Waals surface area contributed by atoms with Crippen molar-refractivity contribution in [3.63, 3.8) is 0 Å². The van der Waals surface area contributed by atoms with E-state index in [4.69, 9.17) is 17.3 Å². The van der Waals surface area contributed by atoms with Crippen LogP contribution in [0.5, 0.6) is 0 Å². The molecular weight excluding hydrogens is 399 g/mol. The molecule has 0 fully saturated rings. The van der Waals surface area contributed by atoms with Crippen LogP contribution in [0.4, 0.5) is 24.5 Å². The van der Waals surface area contributed by atoms with Gasteiger partial charge in [-0.2, -0.15) is 0 Å². The fourth-order valence-corrected chi connectivity index (χ4v) is 3.35. The van der Waals surface area contributed by atoms with Gasteiger partial charge in [-0.15, -0.1) is 0 Å². The highest BCUT2D eigenvalue weighted by Gasteiger charge is 2.25. The van der Waals surface area contributed by atoms with E-state index in [2.05, 4.69) is 5.32 Å². The van der Waals surface area contributed by atoms with Crippen LogP contribution < -0.4 is 16.5 Å². The van der Waals surface area contributed by atoms with Crippen molar-refractivity contribution in [3.8, 4) is 5.69 Å². The van der Waals surface area contributed by atoms with Gasteiger partial charge in [0.2, 0.25) is 5.43 Å². The second-order valence-corrected chi connectivity index (χ2v) is 6.35. The normalized spacial score (nSPS) is 11.1. The van der Waals surface area contributed by atoms with Crippen LogP contribution in [0.25, 0.3) is 16.6 Å². The van der Waals surface area contributed by atoms with Crippen LogP contribution in [0.2, 0.25) is 5.02 Å². The smallest absolute Gasteiger partial charge is 0.341 e. The number of carboxylic acids is 1. The van der Waals surface area contributed by atoms with Crippen molar-refractivity contribution in [1.82, 2.24) is 4.57 Å². The SMILES string of the molecule is CNc1c(F)c(C)c2c(=O)c(C(=O)O)cn(-c3cc(N)c(F)cc3F)c2c1Cl. The van der Waals surface area contributed by atoms with Gasteiger partial charge in [-0.1, -0.05) is 11.6 Å². The van der Waals surface area contributed by atoms with Gasteiger partial charge >= 0.3 is 5.97 Å². The molecule has 1 aromatic heterocycles. The number of nitrogen functional groups attached to an aromatic ring is 1. The summed E-state index contributed by atoms with van der Waals surface area (Å²) in [4.78, 5) is 24.2. The third kappa shape index (κ3) is 2.75. The Hall–Kier alpha value is -3.20. The Kier molecular flexibility index (Phi) is 4.72. The first-order chi connectivity index (χ1) is 13.1. The molecular formula is C18H13ClF3N3O3. The van der Waals surface area contributed by atoms with Crippen molar-refractivity contribution in [2.75, 3.05) is 18.1 Å². The monoisotopic (exact) mass is 411 g/mol. The number of aromatic carboxylic acids is 1. The second kappa shape index (κ2) is 6.75. The first kappa shape index (κ1) is 19.6. The summed E-state index contributed by atoms with van der Waals surface area (Å²) in [7, 11) is 1.39. The van der Waals surface area contributed by atoms with Gasteiger partial charge in [0.15, 0.2) is 5.82 Å². The second-order valence-electron chi connectivity index (χ2n) is 5.97. The number of anilines is 2. The van der Waals surface area contributed by atoms with Gasteiger partial charge in [0, 0.05) is 24.9 Å². The molecule has 0 aliphatic heterocycles. The van der Waals surface area contributed by atoms with E-state index in [0.717, 1.165) is 16.8 Å². The molecule has 0 radical (unpaired) electrons. The topological polar surface area (TPSA) is 97.4 Å². The summed E-state index contributed by atoms with van der Waals surface area (Å²) in [6.45, 7) is 1.27. The lowest BCUT2D eigenvalue weighted by atomic mass is 10.0. The number of rotatable bonds is 3. The number of aryl methyl sites for hydroxylation is 1. The van der Waals surface area contributed by atoms with E-state index in [-0.39, 0.29) is 32.9 Å². The van der Waals surface area contributed by atoms with Gasteiger partial charge in [-0.3, -0.25) is 4.79 Å². The number of halogens is 4. The summed E-state index contributed by atoms with van der Waals surface area (Å²) in [5.41, 5.74) is 2.50. The van der Waals surface area contributed by atoms with E-state index in [1.165, 1.54) is 14.0 Å². The summed E-state index contributed by atoms with van der Waals surface area (Å²) in [5.74, 6) is -4.57. The number of pyridine rings is 1. The Balaban J connectivity index is 2.66. The third-order valence-corrected chi connectivity index (χ3v) is 4.73. The first-order valence-electron chi connectivity index (χ1n) is 7.83. The Morgan fingerprint density at radius 3 is 2.46 bits per heavy atom. The van der Waals surface area contributed by atoms with Crippen molar-refractivity contribution in [1.29, 1.82) is 0 Å². The summed E-state index contributed by atoms with van der Waals surface area (Å²) < 4.78 is 43.7. The Bertz CT molecular complexity index is 1220. The molecule has 2 aromatic carbocycles. The minimum absolute atomic E-state index is 0.148. The summed E-state index contributed by atoms with van der Waals surface area (Å²) in [5, 5.41) is 11.3. The Morgan fingerprint density at radius 2 is 1.89 bits per heavy atom. The molecule has 0 amide bonds. The van der Waals surface area contributed by atoms with Crippen LogP contribution in [-0.4, -0.2) is 22.7 Å². The lowest BCUT2D eigenvalue weighted by molar-refractivity contribution is 0.0695. The van der Waals surface area contributed by atoms with Crippen molar-refractivity contribution in [2.24, 2.45) is 0 Å². The largest absolute Gasteiger partial charge is 0.477 e. The number of fused-ring (bicyclic) bond motifs is 1. The molecule has 10 heteroatoms. The fraction of sp³-hybridized carbons (Fsp3) is 0.111. The zero-order valence-electron chi connectivity index (χ0n) is 14.5. The van der Waals surface area contributed by atoms with Gasteiger partial charge in [-0.05, 0) is 13.0 Å². The third-order valence-electron chi connectivity index (χ3n) is 4.36. The standard InChI is InChI=1S/C18H13ClF3N3O3/c1-6-12-16(13(19)15(24-2)14(6)22)25(5-7(17(12)26)18(27)28)11-4-10(23)8(20)3-9(11)21/h3-5,24H,23H2,1-2H3,(H,27,28). The Morgan fingerprint density at radius 1 is 1.25 bits per heavy atom. The number of hydrogen-bond donors (Lipinski definition) is 3. The molecule has 0 saturated carbocycles. The molecule has 0 unspecified atom stereocenters. The number of aromatic nitrogens is 1. The summed E-state index contributed by atoms with van der Waals surface area (Å²) in [6, 6.07) is 1.44. The van der Waals surface area contributed by atoms with E-state index < -0.39 is 40.1 Å². The highest BCUT2D eigenvalue weighted by molar-refractivity contribution is 6.38. The zero-order chi connectivity index (χ0) is 20.9. The molecule has 0 atom stereocenters. The van der Waals surface area contributed by atoms with Gasteiger partial charge in [0.25, 0.3) is 0 Å². The molecule has 146 valence electrons. The van der Waals surface area contributed by atoms with E-state index in [0.29, 0.717) is 6.07 Å². The number of nitrogens with one attached hydrogen (secondary N) is 1. The molecule has 6 nitrogen and oxygen atoms in total. The van der Waals surface area contributed by atoms with Crippen LogP contribution in [0.3, 0.4) is 0 Å². The summed E-state index contributed by atoms with van der Waals surface area (Å²) >= 11 is 6.26. The quantitative estimate of drug-likeness (QED) is 0.571. The number of carboxylic acid groups (broad SMARTS) is 1. The van der Waals surface area contributed by atoms with Crippen LogP contribution in [0.15, 0.2) is 23.1 Å². The Labute approximate surface area is 161 Å². The van der Waals surface area contributed by atoms with Crippen molar-refractivity contribution >= 4 is 39.8 Å². The molecule has 3 rings (SSSR count). The number of carbonyl (C=O) groups is 1. The van der Waals surface area contributed by atoms with Crippen molar-refractivity contribution in [3.05, 3.63) is 62.2 Å². The number of benzene rings is 2. The lowest BCUT2D eigenvalue weighted by Gasteiger charge is -2.19. The van der Waals surface area contributed by atoms with Crippen LogP contribution >= 0.6 is 11.6 Å². The molecule has 1 heterocycles. The fourth-order valence-electron chi connectivity index (χ4n) is 2.99. The average Bonchev–Trinajstić information content (AvgIpc) is 2.63. The molecule has 4 N–H and O–H groups in total. The van der Waals surface area contributed by atoms with Crippen molar-refractivity contribution in [2.45, 2.75) is 6.92 Å². The zero-order valence-corrected chi connectivity index (χ0v) is 15.3. The number of nitrogens with two attached hydrogens (primary N) is 1. The van der Waals surface area contributed by atoms with Crippen LogP contribution in [-0.2, 0) is 0 Å². The molecule has 0 aliphatic carbocycles. The predicted molar refractivity (Wildman–Crippen MR) is 100 cm³/mol. The highest BCUT2D eigenvalue weighted by atomic mass is 35.5. The number of hydrogen-bond acceptors (Lipinski definition) is 4. The lowest BCUT2D eigenvalue weighted by Crippen LogP contribution is -2.21. The molecule has 3 aromatic rings. The molecule has 0 aliphatic rings. The average molecular weight is 412 g/mol. The predicted octanol–water partition coefficient (Wildman–Crippen LogP) is 3.69. The maximum absolute atomic E-state index is 14.6. The van der Waals surface area contributed by atoms with E-state index >= 15 is 0 Å². The maximum Gasteiger partial charge on any atom is 0.341 e.